The Hall–Kier alpha value is -1.000. The number of nitrogens with one attached hydrogen (secondary N) is 1. The Balaban J connectivity index is 2.46. The predicted octanol–water partition coefficient (Wildman–Crippen LogP) is 4.36. The quantitative estimate of drug-likeness (QED) is 0.904. The maximum atomic E-state index is 6.21. The Morgan fingerprint density at radius 3 is 2.50 bits per heavy atom. The molecular formula is C14H13Cl3N2O. The van der Waals surface area contributed by atoms with E-state index in [1.54, 1.807) is 25.4 Å². The first kappa shape index (κ1) is 15.4. The summed E-state index contributed by atoms with van der Waals surface area (Å²) in [7, 11) is 3.41. The van der Waals surface area contributed by atoms with E-state index in [0.717, 1.165) is 5.56 Å². The standard InChI is InChI=1S/C14H13Cl3N2O/c1-18-13(14-11(17)6-9(15)7-19-14)8-3-4-10(16)12(5-8)20-2/h3-7,13,18H,1-2H3. The molecule has 2 aromatic rings. The molecule has 1 unspecified atom stereocenters. The van der Waals surface area contributed by atoms with Gasteiger partial charge in [-0.25, -0.2) is 0 Å². The number of methoxy groups -OCH3 is 1. The number of benzene rings is 1. The number of halogens is 3. The van der Waals surface area contributed by atoms with Crippen LogP contribution in [0.15, 0.2) is 30.5 Å². The number of nitrogens with zero attached hydrogens (tertiary/aromatic N) is 1. The summed E-state index contributed by atoms with van der Waals surface area (Å²) in [6.45, 7) is 0. The molecule has 0 saturated carbocycles. The van der Waals surface area contributed by atoms with Gasteiger partial charge in [0.05, 0.1) is 33.9 Å². The first-order valence-electron chi connectivity index (χ1n) is 5.88. The molecule has 0 radical (unpaired) electrons. The SMILES string of the molecule is CNC(c1ccc(Cl)c(OC)c1)c1ncc(Cl)cc1Cl. The van der Waals surface area contributed by atoms with Crippen LogP contribution in [0.3, 0.4) is 0 Å². The molecule has 3 nitrogen and oxygen atoms in total. The van der Waals surface area contributed by atoms with E-state index in [-0.39, 0.29) is 6.04 Å². The Morgan fingerprint density at radius 1 is 1.15 bits per heavy atom. The van der Waals surface area contributed by atoms with Crippen molar-refractivity contribution in [2.24, 2.45) is 0 Å². The lowest BCUT2D eigenvalue weighted by Gasteiger charge is -2.18. The molecule has 0 fully saturated rings. The van der Waals surface area contributed by atoms with Crippen LogP contribution < -0.4 is 10.1 Å². The smallest absolute Gasteiger partial charge is 0.137 e. The number of hydrogen-bond acceptors (Lipinski definition) is 3. The average Bonchev–Trinajstić information content (AvgIpc) is 2.43. The molecule has 1 N–H and O–H groups in total. The predicted molar refractivity (Wildman–Crippen MR) is 83.2 cm³/mol. The van der Waals surface area contributed by atoms with E-state index in [0.29, 0.717) is 26.5 Å². The molecule has 2 rings (SSSR count). The van der Waals surface area contributed by atoms with E-state index in [9.17, 15) is 0 Å². The minimum absolute atomic E-state index is 0.175. The van der Waals surface area contributed by atoms with Crippen molar-refractivity contribution in [2.75, 3.05) is 14.2 Å². The van der Waals surface area contributed by atoms with Gasteiger partial charge in [-0.1, -0.05) is 40.9 Å². The van der Waals surface area contributed by atoms with Crippen LogP contribution in [0.5, 0.6) is 5.75 Å². The van der Waals surface area contributed by atoms with Crippen molar-refractivity contribution in [3.8, 4) is 5.75 Å². The number of hydrogen-bond donors (Lipinski definition) is 1. The number of ether oxygens (including phenoxy) is 1. The highest BCUT2D eigenvalue weighted by molar-refractivity contribution is 6.34. The molecule has 0 aliphatic heterocycles. The Morgan fingerprint density at radius 2 is 1.90 bits per heavy atom. The van der Waals surface area contributed by atoms with Crippen molar-refractivity contribution < 1.29 is 4.74 Å². The van der Waals surface area contributed by atoms with Crippen LogP contribution in [0.4, 0.5) is 0 Å². The van der Waals surface area contributed by atoms with Crippen LogP contribution in [0.25, 0.3) is 0 Å². The van der Waals surface area contributed by atoms with E-state index in [2.05, 4.69) is 10.3 Å². The lowest BCUT2D eigenvalue weighted by Crippen LogP contribution is -2.19. The molecular weight excluding hydrogens is 319 g/mol. The topological polar surface area (TPSA) is 34.1 Å². The minimum atomic E-state index is -0.175. The van der Waals surface area contributed by atoms with Crippen LogP contribution in [0.1, 0.15) is 17.3 Å². The van der Waals surface area contributed by atoms with Gasteiger partial charge in [-0.3, -0.25) is 4.98 Å². The molecule has 6 heteroatoms. The van der Waals surface area contributed by atoms with Crippen molar-refractivity contribution in [1.29, 1.82) is 0 Å². The Kier molecular flexibility index (Phi) is 5.11. The highest BCUT2D eigenvalue weighted by Crippen LogP contribution is 2.32. The summed E-state index contributed by atoms with van der Waals surface area (Å²) in [5, 5.41) is 4.74. The lowest BCUT2D eigenvalue weighted by molar-refractivity contribution is 0.414. The first-order chi connectivity index (χ1) is 9.56. The van der Waals surface area contributed by atoms with Gasteiger partial charge in [-0.15, -0.1) is 0 Å². The zero-order chi connectivity index (χ0) is 14.7. The zero-order valence-corrected chi connectivity index (χ0v) is 13.2. The van der Waals surface area contributed by atoms with Crippen LogP contribution in [-0.4, -0.2) is 19.1 Å². The van der Waals surface area contributed by atoms with Gasteiger partial charge in [0.2, 0.25) is 0 Å². The summed E-state index contributed by atoms with van der Waals surface area (Å²) >= 11 is 18.1. The Bertz CT molecular complexity index is 619. The number of rotatable bonds is 4. The third kappa shape index (κ3) is 3.18. The first-order valence-corrected chi connectivity index (χ1v) is 7.02. The Labute approximate surface area is 132 Å². The molecule has 0 aliphatic rings. The summed E-state index contributed by atoms with van der Waals surface area (Å²) in [6, 6.07) is 7.03. The molecule has 0 bridgehead atoms. The summed E-state index contributed by atoms with van der Waals surface area (Å²) in [5.74, 6) is 0.606. The molecule has 1 atom stereocenters. The number of aromatic nitrogens is 1. The van der Waals surface area contributed by atoms with Gasteiger partial charge >= 0.3 is 0 Å². The van der Waals surface area contributed by atoms with Gasteiger partial charge in [0.15, 0.2) is 0 Å². The van der Waals surface area contributed by atoms with Crippen molar-refractivity contribution in [3.05, 3.63) is 56.8 Å². The van der Waals surface area contributed by atoms with Crippen molar-refractivity contribution in [2.45, 2.75) is 6.04 Å². The van der Waals surface area contributed by atoms with Crippen molar-refractivity contribution >= 4 is 34.8 Å². The van der Waals surface area contributed by atoms with Crippen molar-refractivity contribution in [3.63, 3.8) is 0 Å². The molecule has 0 spiro atoms. The van der Waals surface area contributed by atoms with Gasteiger partial charge in [0.1, 0.15) is 5.75 Å². The van der Waals surface area contributed by atoms with Crippen molar-refractivity contribution in [1.82, 2.24) is 10.3 Å². The largest absolute Gasteiger partial charge is 0.495 e. The molecule has 106 valence electrons. The van der Waals surface area contributed by atoms with E-state index < -0.39 is 0 Å². The van der Waals surface area contributed by atoms with Crippen LogP contribution >= 0.6 is 34.8 Å². The highest BCUT2D eigenvalue weighted by atomic mass is 35.5. The van der Waals surface area contributed by atoms with Gasteiger partial charge in [0, 0.05) is 6.20 Å². The van der Waals surface area contributed by atoms with Crippen LogP contribution in [0, 0.1) is 0 Å². The zero-order valence-electron chi connectivity index (χ0n) is 11.0. The highest BCUT2D eigenvalue weighted by Gasteiger charge is 2.18. The normalized spacial score (nSPS) is 12.2. The summed E-state index contributed by atoms with van der Waals surface area (Å²) in [4.78, 5) is 4.30. The third-order valence-corrected chi connectivity index (χ3v) is 3.73. The van der Waals surface area contributed by atoms with E-state index in [1.807, 2.05) is 19.2 Å². The monoisotopic (exact) mass is 330 g/mol. The summed E-state index contributed by atoms with van der Waals surface area (Å²) < 4.78 is 5.23. The minimum Gasteiger partial charge on any atom is -0.495 e. The summed E-state index contributed by atoms with van der Waals surface area (Å²) in [5.41, 5.74) is 1.65. The molecule has 20 heavy (non-hydrogen) atoms. The third-order valence-electron chi connectivity index (χ3n) is 2.91. The molecule has 1 heterocycles. The molecule has 0 amide bonds. The van der Waals surface area contributed by atoms with Crippen LogP contribution in [-0.2, 0) is 0 Å². The second-order valence-electron chi connectivity index (χ2n) is 4.14. The summed E-state index contributed by atoms with van der Waals surface area (Å²) in [6.07, 6.45) is 1.57. The fraction of sp³-hybridized carbons (Fsp3) is 0.214. The van der Waals surface area contributed by atoms with Gasteiger partial charge in [-0.05, 0) is 30.8 Å². The molecule has 1 aromatic carbocycles. The number of pyridine rings is 1. The van der Waals surface area contributed by atoms with E-state index in [4.69, 9.17) is 39.5 Å². The fourth-order valence-corrected chi connectivity index (χ4v) is 2.64. The average molecular weight is 332 g/mol. The molecule has 0 saturated heterocycles. The van der Waals surface area contributed by atoms with Gasteiger partial charge < -0.3 is 10.1 Å². The second-order valence-corrected chi connectivity index (χ2v) is 5.39. The second kappa shape index (κ2) is 6.64. The fourth-order valence-electron chi connectivity index (χ4n) is 1.95. The maximum Gasteiger partial charge on any atom is 0.137 e. The van der Waals surface area contributed by atoms with E-state index >= 15 is 0 Å². The molecule has 1 aromatic heterocycles. The maximum absolute atomic E-state index is 6.21. The van der Waals surface area contributed by atoms with Crippen LogP contribution in [0.2, 0.25) is 15.1 Å². The van der Waals surface area contributed by atoms with Gasteiger partial charge in [-0.2, -0.15) is 0 Å². The van der Waals surface area contributed by atoms with Gasteiger partial charge in [0.25, 0.3) is 0 Å². The lowest BCUT2D eigenvalue weighted by atomic mass is 10.0. The van der Waals surface area contributed by atoms with E-state index in [1.165, 1.54) is 0 Å². The molecule has 0 aliphatic carbocycles.